The number of piperazine rings is 1. The molecular formula is C32H32ClN3O3. The third-order valence-corrected chi connectivity index (χ3v) is 7.31. The minimum Gasteiger partial charge on any atom is -0.457 e. The molecule has 200 valence electrons. The number of carbonyl (C=O) groups excluding carboxylic acids is 2. The lowest BCUT2D eigenvalue weighted by atomic mass is 9.96. The predicted octanol–water partition coefficient (Wildman–Crippen LogP) is 5.85. The Labute approximate surface area is 233 Å². The molecule has 6 nitrogen and oxygen atoms in total. The quantitative estimate of drug-likeness (QED) is 0.247. The van der Waals surface area contributed by atoms with Crippen LogP contribution in [0.5, 0.6) is 11.5 Å². The van der Waals surface area contributed by atoms with Crippen LogP contribution in [-0.4, -0.2) is 35.3 Å². The Kier molecular flexibility index (Phi) is 8.45. The van der Waals surface area contributed by atoms with Crippen LogP contribution in [-0.2, 0) is 22.6 Å². The molecule has 2 unspecified atom stereocenters. The first-order chi connectivity index (χ1) is 19.0. The third kappa shape index (κ3) is 6.59. The van der Waals surface area contributed by atoms with Crippen molar-refractivity contribution in [1.82, 2.24) is 10.2 Å². The van der Waals surface area contributed by atoms with Crippen molar-refractivity contribution in [2.45, 2.75) is 44.3 Å². The Bertz CT molecular complexity index is 1460. The summed E-state index contributed by atoms with van der Waals surface area (Å²) in [5, 5.41) is 5.86. The number of fused-ring (bicyclic) bond motifs is 1. The summed E-state index contributed by atoms with van der Waals surface area (Å²) in [7, 11) is 0. The van der Waals surface area contributed by atoms with E-state index in [2.05, 4.69) is 29.6 Å². The fraction of sp³-hybridized carbons (Fsp3) is 0.250. The van der Waals surface area contributed by atoms with E-state index in [4.69, 9.17) is 22.1 Å². The first kappa shape index (κ1) is 26.7. The molecular weight excluding hydrogens is 510 g/mol. The molecule has 7 heteroatoms. The van der Waals surface area contributed by atoms with Crippen LogP contribution < -0.4 is 15.8 Å². The van der Waals surface area contributed by atoms with Gasteiger partial charge in [-0.15, -0.1) is 0 Å². The number of carbonyl (C=O) groups is 2. The molecule has 3 N–H and O–H groups in total. The molecule has 0 aromatic heterocycles. The Morgan fingerprint density at radius 3 is 2.36 bits per heavy atom. The van der Waals surface area contributed by atoms with Crippen LogP contribution in [0.25, 0.3) is 10.8 Å². The first-order valence-corrected chi connectivity index (χ1v) is 13.7. The molecule has 39 heavy (non-hydrogen) atoms. The van der Waals surface area contributed by atoms with Gasteiger partial charge in [-0.3, -0.25) is 9.59 Å². The fourth-order valence-corrected chi connectivity index (χ4v) is 5.23. The molecule has 0 spiro atoms. The van der Waals surface area contributed by atoms with Crippen LogP contribution in [0.2, 0.25) is 5.02 Å². The molecule has 2 amide bonds. The molecule has 1 aliphatic rings. The van der Waals surface area contributed by atoms with Gasteiger partial charge in [0.15, 0.2) is 0 Å². The summed E-state index contributed by atoms with van der Waals surface area (Å²) in [6.45, 7) is 0.895. The summed E-state index contributed by atoms with van der Waals surface area (Å²) in [4.78, 5) is 28.8. The molecule has 4 aromatic carbocycles. The zero-order chi connectivity index (χ0) is 27.2. The van der Waals surface area contributed by atoms with Gasteiger partial charge in [-0.2, -0.15) is 0 Å². The van der Waals surface area contributed by atoms with Gasteiger partial charge in [0.1, 0.15) is 23.6 Å². The zero-order valence-electron chi connectivity index (χ0n) is 21.7. The smallest absolute Gasteiger partial charge is 0.246 e. The van der Waals surface area contributed by atoms with Gasteiger partial charge >= 0.3 is 0 Å². The number of amides is 2. The van der Waals surface area contributed by atoms with Gasteiger partial charge in [-0.05, 0) is 78.0 Å². The normalized spacial score (nSPS) is 17.3. The Hall–Kier alpha value is -3.87. The Morgan fingerprint density at radius 1 is 0.821 bits per heavy atom. The average Bonchev–Trinajstić information content (AvgIpc) is 2.94. The van der Waals surface area contributed by atoms with E-state index in [1.165, 1.54) is 0 Å². The zero-order valence-corrected chi connectivity index (χ0v) is 22.4. The highest BCUT2D eigenvalue weighted by molar-refractivity contribution is 6.30. The highest BCUT2D eigenvalue weighted by Crippen LogP contribution is 2.26. The van der Waals surface area contributed by atoms with E-state index in [1.807, 2.05) is 54.6 Å². The number of nitrogens with one attached hydrogen (secondary N) is 1. The standard InChI is InChI=1S/C32H32ClN3O3/c33-26-8-5-9-28(20-26)39-27-15-12-22(13-16-27)21-36-30(10-3-4-17-34)31(37)35-29(32(36)38)19-23-11-14-24-6-1-2-7-25(24)18-23/h1-2,5-9,11-16,18,20,29-30H,3-4,10,17,19,21,34H2,(H,35,37). The summed E-state index contributed by atoms with van der Waals surface area (Å²) >= 11 is 6.06. The summed E-state index contributed by atoms with van der Waals surface area (Å²) < 4.78 is 5.90. The number of nitrogens with zero attached hydrogens (tertiary/aromatic N) is 1. The maximum Gasteiger partial charge on any atom is 0.246 e. The lowest BCUT2D eigenvalue weighted by Crippen LogP contribution is -2.63. The second-order valence-electron chi connectivity index (χ2n) is 9.92. The largest absolute Gasteiger partial charge is 0.457 e. The summed E-state index contributed by atoms with van der Waals surface area (Å²) in [5.74, 6) is 1.13. The number of hydrogen-bond donors (Lipinski definition) is 2. The second kappa shape index (κ2) is 12.3. The topological polar surface area (TPSA) is 84.7 Å². The van der Waals surface area contributed by atoms with Crippen LogP contribution >= 0.6 is 11.6 Å². The molecule has 0 radical (unpaired) electrons. The Balaban J connectivity index is 1.33. The number of nitrogens with two attached hydrogens (primary N) is 1. The van der Waals surface area contributed by atoms with Gasteiger partial charge in [0.25, 0.3) is 0 Å². The molecule has 4 aromatic rings. The van der Waals surface area contributed by atoms with Crippen molar-refractivity contribution >= 4 is 34.2 Å². The lowest BCUT2D eigenvalue weighted by molar-refractivity contribution is -0.150. The van der Waals surface area contributed by atoms with E-state index < -0.39 is 12.1 Å². The maximum absolute atomic E-state index is 13.8. The van der Waals surface area contributed by atoms with Crippen LogP contribution in [0.15, 0.2) is 91.0 Å². The minimum atomic E-state index is -0.616. The number of hydrogen-bond acceptors (Lipinski definition) is 4. The van der Waals surface area contributed by atoms with Crippen LogP contribution in [0.4, 0.5) is 0 Å². The molecule has 5 rings (SSSR count). The van der Waals surface area contributed by atoms with Gasteiger partial charge in [-0.25, -0.2) is 0 Å². The van der Waals surface area contributed by atoms with Crippen molar-refractivity contribution in [3.05, 3.63) is 107 Å². The van der Waals surface area contributed by atoms with E-state index in [-0.39, 0.29) is 11.8 Å². The third-order valence-electron chi connectivity index (χ3n) is 7.07. The van der Waals surface area contributed by atoms with Gasteiger partial charge in [0, 0.05) is 18.0 Å². The van der Waals surface area contributed by atoms with E-state index in [1.54, 1.807) is 17.0 Å². The van der Waals surface area contributed by atoms with Crippen LogP contribution in [0.3, 0.4) is 0 Å². The summed E-state index contributed by atoms with van der Waals surface area (Å²) in [6, 6.07) is 27.9. The van der Waals surface area contributed by atoms with Crippen molar-refractivity contribution in [2.75, 3.05) is 6.54 Å². The summed E-state index contributed by atoms with van der Waals surface area (Å²) in [5.41, 5.74) is 7.62. The van der Waals surface area contributed by atoms with E-state index >= 15 is 0 Å². The van der Waals surface area contributed by atoms with E-state index in [9.17, 15) is 9.59 Å². The van der Waals surface area contributed by atoms with Gasteiger partial charge < -0.3 is 20.7 Å². The summed E-state index contributed by atoms with van der Waals surface area (Å²) in [6.07, 6.45) is 2.60. The molecule has 0 bridgehead atoms. The van der Waals surface area contributed by atoms with Crippen molar-refractivity contribution in [3.63, 3.8) is 0 Å². The number of benzene rings is 4. The highest BCUT2D eigenvalue weighted by Gasteiger charge is 2.40. The molecule has 0 aliphatic carbocycles. The van der Waals surface area contributed by atoms with Crippen molar-refractivity contribution < 1.29 is 14.3 Å². The van der Waals surface area contributed by atoms with Crippen molar-refractivity contribution in [3.8, 4) is 11.5 Å². The molecule has 1 saturated heterocycles. The molecule has 0 saturated carbocycles. The van der Waals surface area contributed by atoms with Crippen molar-refractivity contribution in [1.29, 1.82) is 0 Å². The molecule has 2 atom stereocenters. The Morgan fingerprint density at radius 2 is 1.59 bits per heavy atom. The number of rotatable bonds is 10. The van der Waals surface area contributed by atoms with Gasteiger partial charge in [-0.1, -0.05) is 72.3 Å². The molecule has 1 aliphatic heterocycles. The fourth-order valence-electron chi connectivity index (χ4n) is 5.05. The minimum absolute atomic E-state index is 0.0697. The monoisotopic (exact) mass is 541 g/mol. The average molecular weight is 542 g/mol. The van der Waals surface area contributed by atoms with Crippen molar-refractivity contribution in [2.24, 2.45) is 5.73 Å². The predicted molar refractivity (Wildman–Crippen MR) is 155 cm³/mol. The van der Waals surface area contributed by atoms with Gasteiger partial charge in [0.05, 0.1) is 0 Å². The van der Waals surface area contributed by atoms with E-state index in [0.29, 0.717) is 42.5 Å². The van der Waals surface area contributed by atoms with Crippen LogP contribution in [0.1, 0.15) is 30.4 Å². The van der Waals surface area contributed by atoms with Crippen LogP contribution in [0, 0.1) is 0 Å². The second-order valence-corrected chi connectivity index (χ2v) is 10.4. The first-order valence-electron chi connectivity index (χ1n) is 13.3. The highest BCUT2D eigenvalue weighted by atomic mass is 35.5. The maximum atomic E-state index is 13.8. The SMILES string of the molecule is NCCCCC1C(=O)NC(Cc2ccc3ccccc3c2)C(=O)N1Cc1ccc(Oc2cccc(Cl)c2)cc1. The number of ether oxygens (including phenoxy) is 1. The lowest BCUT2D eigenvalue weighted by Gasteiger charge is -2.39. The number of unbranched alkanes of at least 4 members (excludes halogenated alkanes) is 1. The number of halogens is 1. The molecule has 1 heterocycles. The van der Waals surface area contributed by atoms with E-state index in [0.717, 1.165) is 34.7 Å². The van der Waals surface area contributed by atoms with Gasteiger partial charge in [0.2, 0.25) is 11.8 Å². The molecule has 1 fully saturated rings.